The van der Waals surface area contributed by atoms with E-state index in [0.29, 0.717) is 11.5 Å². The van der Waals surface area contributed by atoms with Gasteiger partial charge in [-0.25, -0.2) is 18.5 Å². The molecule has 2 aromatic carbocycles. The molecule has 1 saturated heterocycles. The van der Waals surface area contributed by atoms with Crippen molar-refractivity contribution in [1.82, 2.24) is 14.9 Å². The Morgan fingerprint density at radius 1 is 1.11 bits per heavy atom. The Bertz CT molecular complexity index is 1590. The maximum atomic E-state index is 11.5. The van der Waals surface area contributed by atoms with Crippen molar-refractivity contribution in [2.24, 2.45) is 5.14 Å². The summed E-state index contributed by atoms with van der Waals surface area (Å²) in [7, 11) is -3.68. The van der Waals surface area contributed by atoms with Crippen molar-refractivity contribution in [3.63, 3.8) is 0 Å². The lowest BCUT2D eigenvalue weighted by molar-refractivity contribution is 0.211. The molecule has 0 atom stereocenters. The number of benzene rings is 2. The van der Waals surface area contributed by atoms with Crippen LogP contribution in [0.25, 0.3) is 10.2 Å². The van der Waals surface area contributed by atoms with E-state index in [2.05, 4.69) is 21.6 Å². The minimum absolute atomic E-state index is 0.130. The maximum absolute atomic E-state index is 11.5. The van der Waals surface area contributed by atoms with Gasteiger partial charge in [-0.05, 0) is 79.1 Å². The van der Waals surface area contributed by atoms with Crippen LogP contribution in [0.4, 0.5) is 17.5 Å². The number of nitrogens with zero attached hydrogens (tertiary/aromatic N) is 4. The zero-order valence-corrected chi connectivity index (χ0v) is 22.9. The number of anilines is 3. The molecule has 4 aromatic rings. The van der Waals surface area contributed by atoms with Gasteiger partial charge in [-0.3, -0.25) is 4.90 Å². The van der Waals surface area contributed by atoms with Gasteiger partial charge >= 0.3 is 0 Å². The molecule has 0 bridgehead atoms. The van der Waals surface area contributed by atoms with Crippen LogP contribution < -0.4 is 15.8 Å². The van der Waals surface area contributed by atoms with Crippen LogP contribution in [0.15, 0.2) is 52.7 Å². The number of rotatable bonds is 7. The molecule has 0 unspecified atom stereocenters. The molecule has 0 aliphatic carbocycles. The zero-order chi connectivity index (χ0) is 26.9. The van der Waals surface area contributed by atoms with E-state index in [1.807, 2.05) is 49.6 Å². The maximum Gasteiger partial charge on any atom is 0.238 e. The van der Waals surface area contributed by atoms with Gasteiger partial charge < -0.3 is 10.6 Å². The number of hydrogen-bond acceptors (Lipinski definition) is 9. The van der Waals surface area contributed by atoms with Gasteiger partial charge in [-0.15, -0.1) is 11.3 Å². The molecule has 0 radical (unpaired) electrons. The molecule has 0 spiro atoms. The predicted molar refractivity (Wildman–Crippen MR) is 151 cm³/mol. The number of nitriles is 1. The van der Waals surface area contributed by atoms with E-state index in [-0.39, 0.29) is 10.9 Å². The summed E-state index contributed by atoms with van der Waals surface area (Å²) in [6.45, 7) is 6.55. The third-order valence-electron chi connectivity index (χ3n) is 6.79. The lowest BCUT2D eigenvalue weighted by Gasteiger charge is -2.32. The molecule has 1 aliphatic heterocycles. The Morgan fingerprint density at radius 2 is 1.79 bits per heavy atom. The second kappa shape index (κ2) is 10.7. The first-order chi connectivity index (χ1) is 18.2. The van der Waals surface area contributed by atoms with Crippen LogP contribution in [-0.4, -0.2) is 42.4 Å². The van der Waals surface area contributed by atoms with E-state index in [1.54, 1.807) is 23.5 Å². The summed E-state index contributed by atoms with van der Waals surface area (Å²) >= 11 is 1.60. The molecule has 3 heterocycles. The minimum atomic E-state index is -3.68. The molecule has 9 nitrogen and oxygen atoms in total. The van der Waals surface area contributed by atoms with E-state index in [0.717, 1.165) is 70.9 Å². The second-order valence-corrected chi connectivity index (χ2v) is 12.1. The number of likely N-dealkylation sites (tertiary alicyclic amines) is 1. The van der Waals surface area contributed by atoms with Crippen LogP contribution in [0.3, 0.4) is 0 Å². The molecule has 1 aliphatic rings. The van der Waals surface area contributed by atoms with Crippen molar-refractivity contribution in [1.29, 1.82) is 5.26 Å². The van der Waals surface area contributed by atoms with Crippen molar-refractivity contribution < 1.29 is 8.42 Å². The average molecular weight is 548 g/mol. The number of primary sulfonamides is 1. The highest BCUT2D eigenvalue weighted by Crippen LogP contribution is 2.33. The topological polar surface area (TPSA) is 137 Å². The van der Waals surface area contributed by atoms with Gasteiger partial charge in [0, 0.05) is 31.4 Å². The van der Waals surface area contributed by atoms with Gasteiger partial charge in [0.25, 0.3) is 0 Å². The lowest BCUT2D eigenvalue weighted by atomic mass is 10.0. The van der Waals surface area contributed by atoms with Crippen LogP contribution in [0, 0.1) is 25.2 Å². The fourth-order valence-corrected chi connectivity index (χ4v) is 6.11. The summed E-state index contributed by atoms with van der Waals surface area (Å²) < 4.78 is 23.9. The van der Waals surface area contributed by atoms with Crippen LogP contribution >= 0.6 is 11.3 Å². The number of piperidine rings is 1. The SMILES string of the molecule is Cc1cc(C#N)cc(C)c1Nc1nc(NC2CCN(Cc3ccc(S(N)(=O)=O)cc3)CC2)nc2ccsc12. The summed E-state index contributed by atoms with van der Waals surface area (Å²) in [5, 5.41) is 23.5. The van der Waals surface area contributed by atoms with Crippen molar-refractivity contribution in [2.75, 3.05) is 23.7 Å². The molecule has 0 amide bonds. The summed E-state index contributed by atoms with van der Waals surface area (Å²) in [5.41, 5.74) is 5.52. The highest BCUT2D eigenvalue weighted by molar-refractivity contribution is 7.89. The second-order valence-electron chi connectivity index (χ2n) is 9.64. The largest absolute Gasteiger partial charge is 0.351 e. The summed E-state index contributed by atoms with van der Waals surface area (Å²) in [4.78, 5) is 12.1. The number of sulfonamides is 1. The van der Waals surface area contributed by atoms with Crippen LogP contribution in [0.1, 0.15) is 35.1 Å². The van der Waals surface area contributed by atoms with Crippen LogP contribution in [0.5, 0.6) is 0 Å². The van der Waals surface area contributed by atoms with Gasteiger partial charge in [0.15, 0.2) is 5.82 Å². The molecular formula is C27H29N7O2S2. The zero-order valence-electron chi connectivity index (χ0n) is 21.2. The molecule has 196 valence electrons. The first-order valence-corrected chi connectivity index (χ1v) is 14.8. The number of hydrogen-bond donors (Lipinski definition) is 3. The molecule has 2 aromatic heterocycles. The van der Waals surface area contributed by atoms with E-state index >= 15 is 0 Å². The monoisotopic (exact) mass is 547 g/mol. The fraction of sp³-hybridized carbons (Fsp3) is 0.296. The minimum Gasteiger partial charge on any atom is -0.351 e. The normalized spacial score (nSPS) is 14.9. The number of nitrogens with one attached hydrogen (secondary N) is 2. The number of aromatic nitrogens is 2. The Morgan fingerprint density at radius 3 is 2.42 bits per heavy atom. The van der Waals surface area contributed by atoms with Crippen LogP contribution in [-0.2, 0) is 16.6 Å². The van der Waals surface area contributed by atoms with Crippen molar-refractivity contribution in [2.45, 2.75) is 44.2 Å². The van der Waals surface area contributed by atoms with E-state index in [4.69, 9.17) is 15.1 Å². The first kappa shape index (κ1) is 26.1. The third-order valence-corrected chi connectivity index (χ3v) is 8.63. The Kier molecular flexibility index (Phi) is 7.32. The van der Waals surface area contributed by atoms with E-state index < -0.39 is 10.0 Å². The molecule has 4 N–H and O–H groups in total. The third kappa shape index (κ3) is 5.79. The van der Waals surface area contributed by atoms with Crippen LogP contribution in [0.2, 0.25) is 0 Å². The van der Waals surface area contributed by atoms with Gasteiger partial charge in [0.1, 0.15) is 0 Å². The molecule has 1 fully saturated rings. The number of aryl methyl sites for hydroxylation is 2. The van der Waals surface area contributed by atoms with E-state index in [1.165, 1.54) is 0 Å². The fourth-order valence-electron chi connectivity index (χ4n) is 4.82. The Labute approximate surface area is 226 Å². The standard InChI is InChI=1S/C27H29N7O2S2/c1-17-13-20(15-28)14-18(2)24(17)32-26-25-23(9-12-37-25)31-27(33-26)30-21-7-10-34(11-8-21)16-19-3-5-22(6-4-19)38(29,35)36/h3-6,9,12-14,21H,7-8,10-11,16H2,1-2H3,(H2,29,35,36)(H2,30,31,32,33). The Balaban J connectivity index is 1.25. The smallest absolute Gasteiger partial charge is 0.238 e. The first-order valence-electron chi connectivity index (χ1n) is 12.3. The quantitative estimate of drug-likeness (QED) is 0.304. The van der Waals surface area contributed by atoms with E-state index in [9.17, 15) is 13.7 Å². The molecule has 11 heteroatoms. The molecule has 5 rings (SSSR count). The summed E-state index contributed by atoms with van der Waals surface area (Å²) in [5.74, 6) is 1.35. The van der Waals surface area contributed by atoms with Gasteiger partial charge in [0.2, 0.25) is 16.0 Å². The molecule has 38 heavy (non-hydrogen) atoms. The summed E-state index contributed by atoms with van der Waals surface area (Å²) in [6, 6.07) is 15.0. The van der Waals surface area contributed by atoms with Gasteiger partial charge in [0.05, 0.1) is 26.7 Å². The van der Waals surface area contributed by atoms with Crippen molar-refractivity contribution >= 4 is 49.0 Å². The number of nitrogens with two attached hydrogens (primary N) is 1. The van der Waals surface area contributed by atoms with Gasteiger partial charge in [-0.2, -0.15) is 10.2 Å². The number of thiophene rings is 1. The molecular weight excluding hydrogens is 518 g/mol. The highest BCUT2D eigenvalue weighted by Gasteiger charge is 2.21. The summed E-state index contributed by atoms with van der Waals surface area (Å²) in [6.07, 6.45) is 1.88. The predicted octanol–water partition coefficient (Wildman–Crippen LogP) is 4.65. The average Bonchev–Trinajstić information content (AvgIpc) is 3.36. The lowest BCUT2D eigenvalue weighted by Crippen LogP contribution is -2.39. The Hall–Kier alpha value is -3.56. The highest BCUT2D eigenvalue weighted by atomic mass is 32.2. The van der Waals surface area contributed by atoms with Gasteiger partial charge in [-0.1, -0.05) is 12.1 Å². The number of fused-ring (bicyclic) bond motifs is 1. The molecule has 0 saturated carbocycles. The van der Waals surface area contributed by atoms with Crippen molar-refractivity contribution in [3.8, 4) is 6.07 Å². The van der Waals surface area contributed by atoms with Crippen molar-refractivity contribution in [3.05, 3.63) is 70.1 Å².